The van der Waals surface area contributed by atoms with Crippen LogP contribution < -0.4 is 5.46 Å². The number of ether oxygens (including phenoxy) is 1. The zero-order chi connectivity index (χ0) is 20.1. The lowest BCUT2D eigenvalue weighted by Gasteiger charge is -2.32. The zero-order valence-corrected chi connectivity index (χ0v) is 17.2. The molecule has 2 fully saturated rings. The van der Waals surface area contributed by atoms with E-state index in [0.717, 1.165) is 29.7 Å². The second-order valence-corrected chi connectivity index (χ2v) is 8.53. The summed E-state index contributed by atoms with van der Waals surface area (Å²) < 4.78 is 19.4. The van der Waals surface area contributed by atoms with Crippen LogP contribution in [-0.2, 0) is 14.0 Å². The molecular weight excluding hydrogens is 355 g/mol. The summed E-state index contributed by atoms with van der Waals surface area (Å²) in [5.74, 6) is 0.0418. The summed E-state index contributed by atoms with van der Waals surface area (Å²) in [7, 11) is -0.436. The molecule has 0 atom stereocenters. The van der Waals surface area contributed by atoms with Crippen molar-refractivity contribution >= 4 is 18.6 Å². The maximum atomic E-state index is 12.3. The topological polar surface area (TPSA) is 62.6 Å². The van der Waals surface area contributed by atoms with Gasteiger partial charge in [0.2, 0.25) is 0 Å². The zero-order valence-electron chi connectivity index (χ0n) is 17.2. The third-order valence-electron chi connectivity index (χ3n) is 5.91. The van der Waals surface area contributed by atoms with E-state index in [1.807, 2.05) is 63.6 Å². The highest BCUT2D eigenvalue weighted by molar-refractivity contribution is 6.62. The van der Waals surface area contributed by atoms with Crippen LogP contribution in [0.4, 0.5) is 0 Å². The van der Waals surface area contributed by atoms with Crippen molar-refractivity contribution in [3.8, 4) is 5.69 Å². The average molecular weight is 382 g/mol. The van der Waals surface area contributed by atoms with E-state index in [9.17, 15) is 4.79 Å². The van der Waals surface area contributed by atoms with Crippen molar-refractivity contribution in [1.29, 1.82) is 0 Å². The summed E-state index contributed by atoms with van der Waals surface area (Å²) >= 11 is 0. The predicted molar refractivity (Wildman–Crippen MR) is 107 cm³/mol. The summed E-state index contributed by atoms with van der Waals surface area (Å²) in [5.41, 5.74) is 2.54. The largest absolute Gasteiger partial charge is 0.494 e. The Balaban J connectivity index is 1.69. The Morgan fingerprint density at radius 2 is 1.93 bits per heavy atom. The van der Waals surface area contributed by atoms with E-state index < -0.39 is 18.3 Å². The Bertz CT molecular complexity index is 886. The molecule has 0 amide bonds. The Labute approximate surface area is 166 Å². The molecule has 6 nitrogen and oxygen atoms in total. The van der Waals surface area contributed by atoms with Crippen LogP contribution in [0.1, 0.15) is 69.4 Å². The van der Waals surface area contributed by atoms with E-state index >= 15 is 0 Å². The van der Waals surface area contributed by atoms with Crippen LogP contribution in [0, 0.1) is 0 Å². The first-order valence-electron chi connectivity index (χ1n) is 9.94. The summed E-state index contributed by atoms with van der Waals surface area (Å²) in [6.45, 7) is 10.3. The van der Waals surface area contributed by atoms with Gasteiger partial charge >= 0.3 is 13.1 Å². The van der Waals surface area contributed by atoms with Crippen molar-refractivity contribution in [3.05, 3.63) is 41.7 Å². The van der Waals surface area contributed by atoms with Gasteiger partial charge in [0, 0.05) is 5.92 Å². The van der Waals surface area contributed by atoms with Gasteiger partial charge in [-0.25, -0.2) is 9.48 Å². The SMILES string of the molecule is CCOC(=O)c1cnn(-c2cccc(B3OC(C)(C)C(C)(C)O3)c2)c1C1CC1. The number of nitrogens with zero attached hydrogens (tertiary/aromatic N) is 2. The number of rotatable bonds is 5. The molecule has 1 aromatic heterocycles. The van der Waals surface area contributed by atoms with Gasteiger partial charge in [0.15, 0.2) is 0 Å². The smallest absolute Gasteiger partial charge is 0.462 e. The van der Waals surface area contributed by atoms with Crippen LogP contribution in [0.3, 0.4) is 0 Å². The van der Waals surface area contributed by atoms with Gasteiger partial charge < -0.3 is 14.0 Å². The fraction of sp³-hybridized carbons (Fsp3) is 0.524. The van der Waals surface area contributed by atoms with E-state index in [0.29, 0.717) is 18.1 Å². The highest BCUT2D eigenvalue weighted by Crippen LogP contribution is 2.42. The fourth-order valence-electron chi connectivity index (χ4n) is 3.46. The molecule has 0 unspecified atom stereocenters. The lowest BCUT2D eigenvalue weighted by atomic mass is 9.79. The number of benzene rings is 1. The summed E-state index contributed by atoms with van der Waals surface area (Å²) in [5, 5.41) is 4.51. The molecule has 7 heteroatoms. The highest BCUT2D eigenvalue weighted by atomic mass is 16.7. The van der Waals surface area contributed by atoms with Crippen molar-refractivity contribution in [2.75, 3.05) is 6.61 Å². The van der Waals surface area contributed by atoms with Crippen molar-refractivity contribution in [1.82, 2.24) is 9.78 Å². The first kappa shape index (κ1) is 19.2. The van der Waals surface area contributed by atoms with Crippen LogP contribution in [0.25, 0.3) is 5.69 Å². The Morgan fingerprint density at radius 1 is 1.25 bits per heavy atom. The van der Waals surface area contributed by atoms with Gasteiger partial charge in [-0.1, -0.05) is 12.1 Å². The third kappa shape index (κ3) is 3.27. The standard InChI is InChI=1S/C21H27BN2O4/c1-6-26-19(25)17-13-23-24(18(17)14-10-11-14)16-9-7-8-15(12-16)22-27-20(2,3)21(4,5)28-22/h7-9,12-14H,6,10-11H2,1-5H3. The normalized spacial score (nSPS) is 20.4. The van der Waals surface area contributed by atoms with Gasteiger partial charge in [0.05, 0.1) is 35.4 Å². The number of esters is 1. The van der Waals surface area contributed by atoms with Gasteiger partial charge in [-0.2, -0.15) is 5.10 Å². The number of aromatic nitrogens is 2. The van der Waals surface area contributed by atoms with Crippen LogP contribution in [0.2, 0.25) is 0 Å². The molecule has 1 aliphatic heterocycles. The van der Waals surface area contributed by atoms with Gasteiger partial charge in [-0.3, -0.25) is 0 Å². The highest BCUT2D eigenvalue weighted by Gasteiger charge is 2.51. The first-order valence-corrected chi connectivity index (χ1v) is 9.94. The molecule has 0 N–H and O–H groups in total. The van der Waals surface area contributed by atoms with Crippen LogP contribution in [0.15, 0.2) is 30.5 Å². The lowest BCUT2D eigenvalue weighted by molar-refractivity contribution is 0.00578. The molecule has 0 radical (unpaired) electrons. The van der Waals surface area contributed by atoms with Gasteiger partial charge in [0.1, 0.15) is 5.56 Å². The van der Waals surface area contributed by atoms with E-state index in [1.54, 1.807) is 6.20 Å². The molecule has 1 aromatic carbocycles. The molecule has 2 aliphatic rings. The van der Waals surface area contributed by atoms with Gasteiger partial charge in [0.25, 0.3) is 0 Å². The quantitative estimate of drug-likeness (QED) is 0.587. The summed E-state index contributed by atoms with van der Waals surface area (Å²) in [6.07, 6.45) is 3.75. The van der Waals surface area contributed by atoms with Crippen molar-refractivity contribution < 1.29 is 18.8 Å². The van der Waals surface area contributed by atoms with Crippen molar-refractivity contribution in [3.63, 3.8) is 0 Å². The Morgan fingerprint density at radius 3 is 2.54 bits per heavy atom. The maximum absolute atomic E-state index is 12.3. The number of hydrogen-bond acceptors (Lipinski definition) is 5. The second kappa shape index (κ2) is 6.74. The van der Waals surface area contributed by atoms with Gasteiger partial charge in [-0.05, 0) is 65.1 Å². The van der Waals surface area contributed by atoms with Crippen LogP contribution >= 0.6 is 0 Å². The van der Waals surface area contributed by atoms with E-state index in [1.165, 1.54) is 0 Å². The predicted octanol–water partition coefficient (Wildman–Crippen LogP) is 3.23. The van der Waals surface area contributed by atoms with Crippen LogP contribution in [-0.4, -0.2) is 40.7 Å². The first-order chi connectivity index (χ1) is 13.2. The number of carbonyl (C=O) groups excluding carboxylic acids is 1. The Kier molecular flexibility index (Phi) is 4.63. The molecule has 148 valence electrons. The molecule has 1 saturated carbocycles. The van der Waals surface area contributed by atoms with Crippen molar-refractivity contribution in [2.45, 2.75) is 64.6 Å². The van der Waals surface area contributed by atoms with Crippen LogP contribution in [0.5, 0.6) is 0 Å². The molecule has 2 aromatic rings. The molecule has 28 heavy (non-hydrogen) atoms. The summed E-state index contributed by atoms with van der Waals surface area (Å²) in [6, 6.07) is 7.98. The maximum Gasteiger partial charge on any atom is 0.494 e. The molecule has 4 rings (SSSR count). The molecule has 0 spiro atoms. The van der Waals surface area contributed by atoms with E-state index in [2.05, 4.69) is 5.10 Å². The molecule has 0 bridgehead atoms. The minimum Gasteiger partial charge on any atom is -0.462 e. The average Bonchev–Trinajstić information content (AvgIpc) is 3.33. The van der Waals surface area contributed by atoms with E-state index in [-0.39, 0.29) is 5.97 Å². The second-order valence-electron chi connectivity index (χ2n) is 8.53. The summed E-state index contributed by atoms with van der Waals surface area (Å²) in [4.78, 5) is 12.3. The number of carbonyl (C=O) groups is 1. The molecular formula is C21H27BN2O4. The molecule has 1 aliphatic carbocycles. The van der Waals surface area contributed by atoms with Crippen molar-refractivity contribution in [2.24, 2.45) is 0 Å². The minimum atomic E-state index is -0.436. The monoisotopic (exact) mass is 382 g/mol. The molecule has 2 heterocycles. The minimum absolute atomic E-state index is 0.308. The number of hydrogen-bond donors (Lipinski definition) is 0. The van der Waals surface area contributed by atoms with E-state index in [4.69, 9.17) is 14.0 Å². The fourth-order valence-corrected chi connectivity index (χ4v) is 3.46. The Hall–Kier alpha value is -2.12. The van der Waals surface area contributed by atoms with Gasteiger partial charge in [-0.15, -0.1) is 0 Å². The molecule has 1 saturated heterocycles. The third-order valence-corrected chi connectivity index (χ3v) is 5.91. The lowest BCUT2D eigenvalue weighted by Crippen LogP contribution is -2.41.